The number of unbranched alkanes of at least 4 members (excludes halogenated alkanes) is 7. The highest BCUT2D eigenvalue weighted by Gasteiger charge is 2.26. The van der Waals surface area contributed by atoms with E-state index in [1.807, 2.05) is 66.7 Å². The number of benzene rings is 4. The maximum absolute atomic E-state index is 12.8. The highest BCUT2D eigenvalue weighted by Crippen LogP contribution is 2.39. The number of carbonyl (C=O) groups is 1. The summed E-state index contributed by atoms with van der Waals surface area (Å²) in [4.78, 5) is 12.8. The molecule has 1 unspecified atom stereocenters. The zero-order chi connectivity index (χ0) is 40.6. The number of hydrogen-bond donors (Lipinski definition) is 5. The molecule has 0 radical (unpaired) electrons. The predicted molar refractivity (Wildman–Crippen MR) is 220 cm³/mol. The Morgan fingerprint density at radius 3 is 1.77 bits per heavy atom. The summed E-state index contributed by atoms with van der Waals surface area (Å²) in [6.07, 6.45) is 11.9. The molecule has 0 bridgehead atoms. The summed E-state index contributed by atoms with van der Waals surface area (Å²) in [6, 6.07) is 18.4. The van der Waals surface area contributed by atoms with E-state index in [2.05, 4.69) is 10.6 Å². The lowest BCUT2D eigenvalue weighted by Crippen LogP contribution is -2.38. The number of anilines is 1. The quantitative estimate of drug-likeness (QED) is 0.0369. The summed E-state index contributed by atoms with van der Waals surface area (Å²) in [6.45, 7) is 0.527. The molecule has 1 atom stereocenters. The third-order valence-electron chi connectivity index (χ3n) is 10.0. The van der Waals surface area contributed by atoms with Gasteiger partial charge in [-0.1, -0.05) is 56.7 Å². The first-order valence-electron chi connectivity index (χ1n) is 19.5. The lowest BCUT2D eigenvalue weighted by Gasteiger charge is -2.29. The normalized spacial score (nSPS) is 13.5. The van der Waals surface area contributed by atoms with E-state index in [-0.39, 0.29) is 25.7 Å². The third kappa shape index (κ3) is 11.3. The third-order valence-corrected chi connectivity index (χ3v) is 10.0. The molecule has 1 heterocycles. The van der Waals surface area contributed by atoms with Crippen LogP contribution in [0.1, 0.15) is 101 Å². The van der Waals surface area contributed by atoms with E-state index in [0.29, 0.717) is 70.0 Å². The smallest absolute Gasteiger partial charge is 0.255 e. The van der Waals surface area contributed by atoms with Crippen molar-refractivity contribution in [2.45, 2.75) is 77.4 Å². The molecule has 0 aromatic heterocycles. The van der Waals surface area contributed by atoms with Crippen molar-refractivity contribution in [3.8, 4) is 34.5 Å². The van der Waals surface area contributed by atoms with E-state index in [4.69, 9.17) is 28.4 Å². The number of rotatable bonds is 23. The van der Waals surface area contributed by atoms with Gasteiger partial charge in [0.2, 0.25) is 5.75 Å². The fourth-order valence-electron chi connectivity index (χ4n) is 6.85. The first-order chi connectivity index (χ1) is 27.8. The Morgan fingerprint density at radius 2 is 1.18 bits per heavy atom. The van der Waals surface area contributed by atoms with Crippen molar-refractivity contribution < 1.29 is 48.5 Å². The van der Waals surface area contributed by atoms with Gasteiger partial charge in [0.1, 0.15) is 23.4 Å². The molecule has 5 N–H and O–H groups in total. The van der Waals surface area contributed by atoms with Crippen LogP contribution in [0, 0.1) is 0 Å². The number of ether oxygens (including phenoxy) is 6. The number of amides is 1. The molecule has 5 rings (SSSR count). The van der Waals surface area contributed by atoms with Crippen molar-refractivity contribution >= 4 is 23.7 Å². The second-order valence-electron chi connectivity index (χ2n) is 13.8. The number of nitrogens with one attached hydrogen (secondary N) is 2. The first-order valence-corrected chi connectivity index (χ1v) is 19.5. The second-order valence-corrected chi connectivity index (χ2v) is 13.8. The summed E-state index contributed by atoms with van der Waals surface area (Å²) in [5.74, 6) is 3.32. The molecule has 1 amide bonds. The van der Waals surface area contributed by atoms with Crippen LogP contribution in [-0.4, -0.2) is 62.9 Å². The fraction of sp³-hybridized carbons (Fsp3) is 0.400. The molecule has 0 aliphatic carbocycles. The zero-order valence-electron chi connectivity index (χ0n) is 33.4. The molecule has 0 saturated heterocycles. The minimum atomic E-state index is -0.428. The van der Waals surface area contributed by atoms with Crippen molar-refractivity contribution in [3.63, 3.8) is 0 Å². The Bertz CT molecular complexity index is 1910. The molecule has 12 nitrogen and oxygen atoms in total. The number of methoxy groups -OCH3 is 4. The van der Waals surface area contributed by atoms with Gasteiger partial charge in [-0.2, -0.15) is 0 Å². The Hall–Kier alpha value is -5.43. The molecule has 0 saturated carbocycles. The Labute approximate surface area is 335 Å². The monoisotopic (exact) mass is 784 g/mol. The average molecular weight is 785 g/mol. The molecule has 1 aliphatic rings. The highest BCUT2D eigenvalue weighted by atomic mass is 16.5. The van der Waals surface area contributed by atoms with Crippen molar-refractivity contribution in [2.75, 3.05) is 47.0 Å². The maximum atomic E-state index is 12.8. The molecule has 4 aromatic carbocycles. The van der Waals surface area contributed by atoms with Gasteiger partial charge in [-0.3, -0.25) is 4.79 Å². The van der Waals surface area contributed by atoms with Gasteiger partial charge >= 0.3 is 0 Å². The highest BCUT2D eigenvalue weighted by molar-refractivity contribution is 6.02. The number of fused-ring (bicyclic) bond motifs is 1. The summed E-state index contributed by atoms with van der Waals surface area (Å²) in [7, 11) is 6.31. The summed E-state index contributed by atoms with van der Waals surface area (Å²) in [5.41, 5.74) is 5.60. The van der Waals surface area contributed by atoms with Crippen LogP contribution in [0.25, 0.3) is 12.2 Å². The van der Waals surface area contributed by atoms with E-state index < -0.39 is 6.17 Å². The summed E-state index contributed by atoms with van der Waals surface area (Å²) in [5, 5.41) is 35.8. The van der Waals surface area contributed by atoms with E-state index >= 15 is 0 Å². The molecule has 306 valence electrons. The van der Waals surface area contributed by atoms with Gasteiger partial charge in [-0.15, -0.1) is 0 Å². The molecule has 4 aromatic rings. The molecule has 1 aliphatic heterocycles. The number of carbonyl (C=O) groups excluding carboxylic acids is 1. The van der Waals surface area contributed by atoms with Gasteiger partial charge in [0.25, 0.3) is 5.91 Å². The van der Waals surface area contributed by atoms with Crippen LogP contribution in [-0.2, 0) is 19.8 Å². The molecule has 12 heteroatoms. The van der Waals surface area contributed by atoms with E-state index in [0.717, 1.165) is 73.7 Å². The minimum Gasteiger partial charge on any atom is -0.497 e. The van der Waals surface area contributed by atoms with Crippen LogP contribution in [0.5, 0.6) is 34.5 Å². The van der Waals surface area contributed by atoms with Crippen molar-refractivity contribution in [1.82, 2.24) is 5.32 Å². The summed E-state index contributed by atoms with van der Waals surface area (Å²) >= 11 is 0. The Kier molecular flexibility index (Phi) is 16.3. The lowest BCUT2D eigenvalue weighted by molar-refractivity contribution is 0.0935. The van der Waals surface area contributed by atoms with Gasteiger partial charge in [-0.05, 0) is 89.7 Å². The fourth-order valence-corrected chi connectivity index (χ4v) is 6.85. The molecule has 0 fully saturated rings. The zero-order valence-corrected chi connectivity index (χ0v) is 33.4. The van der Waals surface area contributed by atoms with Gasteiger partial charge < -0.3 is 54.4 Å². The van der Waals surface area contributed by atoms with Gasteiger partial charge in [0.15, 0.2) is 11.5 Å². The molecule has 57 heavy (non-hydrogen) atoms. The van der Waals surface area contributed by atoms with E-state index in [1.165, 1.54) is 7.11 Å². The molecular formula is C45H56N2O10. The number of aliphatic hydroxyl groups is 3. The Balaban J connectivity index is 0.984. The largest absolute Gasteiger partial charge is 0.497 e. The van der Waals surface area contributed by atoms with Gasteiger partial charge in [-0.25, -0.2) is 0 Å². The minimum absolute atomic E-state index is 0.165. The van der Waals surface area contributed by atoms with E-state index in [1.54, 1.807) is 27.4 Å². The van der Waals surface area contributed by atoms with Crippen LogP contribution >= 0.6 is 0 Å². The van der Waals surface area contributed by atoms with Crippen LogP contribution in [0.15, 0.2) is 60.7 Å². The van der Waals surface area contributed by atoms with Crippen molar-refractivity contribution in [3.05, 3.63) is 99.6 Å². The van der Waals surface area contributed by atoms with Gasteiger partial charge in [0.05, 0.1) is 67.0 Å². The number of aliphatic hydroxyl groups excluding tert-OH is 3. The molecular weight excluding hydrogens is 728 g/mol. The second kappa shape index (κ2) is 21.8. The Morgan fingerprint density at radius 1 is 0.579 bits per heavy atom. The SMILES string of the molecule is COc1ccc2c(c1)C(=O)NC(c1ccc(OCCCCCCCCCCOc3c(OC)cc(/C=C\c4cc(CO)c(CO)c(OC)c4)cc3OC)c(CO)c1)N2. The van der Waals surface area contributed by atoms with Crippen LogP contribution in [0.2, 0.25) is 0 Å². The standard InChI is InChI=1S/C45H56N2O10/c1-52-35-16-17-38-36(26-35)45(51)47-44(46-38)32-15-18-39(34(25-32)28-49)56-19-11-9-7-5-6-8-10-12-20-57-43-41(54-3)23-31(24-42(43)55-4)14-13-30-21-33(27-48)37(29-50)40(22-30)53-2/h13-18,21-26,44,46,48-50H,5-12,19-20,27-29H2,1-4H3,(H,47,51)/b14-13-. The molecule has 0 spiro atoms. The number of hydrogen-bond acceptors (Lipinski definition) is 11. The van der Waals surface area contributed by atoms with Crippen molar-refractivity contribution in [2.24, 2.45) is 0 Å². The van der Waals surface area contributed by atoms with Crippen LogP contribution in [0.4, 0.5) is 5.69 Å². The lowest BCUT2D eigenvalue weighted by atomic mass is 10.0. The first kappa shape index (κ1) is 42.7. The van der Waals surface area contributed by atoms with E-state index in [9.17, 15) is 20.1 Å². The van der Waals surface area contributed by atoms with Crippen molar-refractivity contribution in [1.29, 1.82) is 0 Å². The van der Waals surface area contributed by atoms with Crippen LogP contribution in [0.3, 0.4) is 0 Å². The van der Waals surface area contributed by atoms with Crippen LogP contribution < -0.4 is 39.1 Å². The maximum Gasteiger partial charge on any atom is 0.255 e. The predicted octanol–water partition coefficient (Wildman–Crippen LogP) is 7.80. The average Bonchev–Trinajstić information content (AvgIpc) is 3.25. The topological polar surface area (TPSA) is 157 Å². The summed E-state index contributed by atoms with van der Waals surface area (Å²) < 4.78 is 34.2. The van der Waals surface area contributed by atoms with Gasteiger partial charge in [0, 0.05) is 16.8 Å².